The predicted molar refractivity (Wildman–Crippen MR) is 57.9 cm³/mol. The highest BCUT2D eigenvalue weighted by Crippen LogP contribution is 2.09. The van der Waals surface area contributed by atoms with Gasteiger partial charge in [0.15, 0.2) is 0 Å². The SMILES string of the molecule is C1=CC(N2CCNCC2)C=C1.CC. The van der Waals surface area contributed by atoms with Crippen molar-refractivity contribution in [3.05, 3.63) is 24.3 Å². The lowest BCUT2D eigenvalue weighted by atomic mass is 10.2. The third-order valence-corrected chi connectivity index (χ3v) is 2.30. The van der Waals surface area contributed by atoms with Crippen molar-refractivity contribution >= 4 is 0 Å². The van der Waals surface area contributed by atoms with Crippen LogP contribution in [0.2, 0.25) is 0 Å². The average Bonchev–Trinajstić information content (AvgIpc) is 2.75. The molecule has 2 aliphatic rings. The van der Waals surface area contributed by atoms with Crippen LogP contribution in [0.3, 0.4) is 0 Å². The highest BCUT2D eigenvalue weighted by molar-refractivity contribution is 5.21. The number of allylic oxidation sites excluding steroid dienone is 2. The first-order valence-electron chi connectivity index (χ1n) is 5.26. The largest absolute Gasteiger partial charge is 0.314 e. The normalized spacial score (nSPS) is 22.9. The van der Waals surface area contributed by atoms with Crippen LogP contribution in [0.25, 0.3) is 0 Å². The summed E-state index contributed by atoms with van der Waals surface area (Å²) in [7, 11) is 0. The summed E-state index contributed by atoms with van der Waals surface area (Å²) in [5, 5.41) is 3.35. The Kier molecular flexibility index (Phi) is 4.79. The second-order valence-electron chi connectivity index (χ2n) is 3.05. The zero-order valence-electron chi connectivity index (χ0n) is 8.66. The first-order valence-corrected chi connectivity index (χ1v) is 5.26. The maximum Gasteiger partial charge on any atom is 0.0468 e. The molecule has 13 heavy (non-hydrogen) atoms. The van der Waals surface area contributed by atoms with Gasteiger partial charge >= 0.3 is 0 Å². The van der Waals surface area contributed by atoms with Crippen molar-refractivity contribution in [1.29, 1.82) is 0 Å². The average molecular weight is 180 g/mol. The minimum atomic E-state index is 0.581. The first kappa shape index (κ1) is 10.5. The van der Waals surface area contributed by atoms with E-state index in [0.29, 0.717) is 6.04 Å². The molecule has 0 unspecified atom stereocenters. The molecule has 1 aliphatic heterocycles. The Morgan fingerprint density at radius 1 is 1.08 bits per heavy atom. The Morgan fingerprint density at radius 2 is 1.62 bits per heavy atom. The van der Waals surface area contributed by atoms with Gasteiger partial charge in [0, 0.05) is 32.2 Å². The van der Waals surface area contributed by atoms with Gasteiger partial charge in [-0.15, -0.1) is 0 Å². The molecular weight excluding hydrogens is 160 g/mol. The van der Waals surface area contributed by atoms with E-state index < -0.39 is 0 Å². The lowest BCUT2D eigenvalue weighted by Gasteiger charge is -2.30. The van der Waals surface area contributed by atoms with Crippen molar-refractivity contribution in [3.63, 3.8) is 0 Å². The van der Waals surface area contributed by atoms with E-state index in [0.717, 1.165) is 13.1 Å². The number of nitrogens with zero attached hydrogens (tertiary/aromatic N) is 1. The van der Waals surface area contributed by atoms with Crippen LogP contribution in [-0.2, 0) is 0 Å². The van der Waals surface area contributed by atoms with Crippen LogP contribution in [0.15, 0.2) is 24.3 Å². The second-order valence-corrected chi connectivity index (χ2v) is 3.05. The Hall–Kier alpha value is -0.600. The molecule has 2 nitrogen and oxygen atoms in total. The van der Waals surface area contributed by atoms with Gasteiger partial charge in [-0.25, -0.2) is 0 Å². The van der Waals surface area contributed by atoms with Crippen LogP contribution < -0.4 is 5.32 Å². The molecular formula is C11H20N2. The fourth-order valence-electron chi connectivity index (χ4n) is 1.64. The van der Waals surface area contributed by atoms with E-state index in [4.69, 9.17) is 0 Å². The van der Waals surface area contributed by atoms with Crippen LogP contribution in [0.5, 0.6) is 0 Å². The Bertz CT molecular complexity index is 167. The van der Waals surface area contributed by atoms with E-state index in [1.165, 1.54) is 13.1 Å². The van der Waals surface area contributed by atoms with Crippen LogP contribution in [0.1, 0.15) is 13.8 Å². The minimum Gasteiger partial charge on any atom is -0.314 e. The molecule has 1 fully saturated rings. The molecule has 1 heterocycles. The Labute approximate surface area is 81.3 Å². The molecule has 1 N–H and O–H groups in total. The molecule has 0 saturated carbocycles. The first-order chi connectivity index (χ1) is 6.47. The van der Waals surface area contributed by atoms with Gasteiger partial charge in [0.1, 0.15) is 0 Å². The summed E-state index contributed by atoms with van der Waals surface area (Å²) in [6.45, 7) is 8.63. The smallest absolute Gasteiger partial charge is 0.0468 e. The highest BCUT2D eigenvalue weighted by Gasteiger charge is 2.16. The van der Waals surface area contributed by atoms with Gasteiger partial charge in [0.2, 0.25) is 0 Å². The molecule has 0 amide bonds. The maximum atomic E-state index is 3.35. The van der Waals surface area contributed by atoms with Crippen LogP contribution >= 0.6 is 0 Å². The van der Waals surface area contributed by atoms with Gasteiger partial charge < -0.3 is 5.32 Å². The van der Waals surface area contributed by atoms with Gasteiger partial charge in [0.25, 0.3) is 0 Å². The molecule has 0 spiro atoms. The molecule has 0 aromatic rings. The van der Waals surface area contributed by atoms with Gasteiger partial charge in [-0.2, -0.15) is 0 Å². The van der Waals surface area contributed by atoms with E-state index in [9.17, 15) is 0 Å². The van der Waals surface area contributed by atoms with Crippen molar-refractivity contribution in [2.45, 2.75) is 19.9 Å². The summed E-state index contributed by atoms with van der Waals surface area (Å²) < 4.78 is 0. The number of piperazine rings is 1. The van der Waals surface area contributed by atoms with Crippen molar-refractivity contribution < 1.29 is 0 Å². The summed E-state index contributed by atoms with van der Waals surface area (Å²) in [6, 6.07) is 0.581. The fourth-order valence-corrected chi connectivity index (χ4v) is 1.64. The number of hydrogen-bond donors (Lipinski definition) is 1. The monoisotopic (exact) mass is 180 g/mol. The lowest BCUT2D eigenvalue weighted by molar-refractivity contribution is 0.229. The number of nitrogens with one attached hydrogen (secondary N) is 1. The maximum absolute atomic E-state index is 3.35. The number of hydrogen-bond acceptors (Lipinski definition) is 2. The molecule has 0 aromatic carbocycles. The van der Waals surface area contributed by atoms with Crippen molar-refractivity contribution in [3.8, 4) is 0 Å². The molecule has 2 rings (SSSR count). The Morgan fingerprint density at radius 3 is 2.15 bits per heavy atom. The third kappa shape index (κ3) is 2.98. The predicted octanol–water partition coefficient (Wildman–Crippen LogP) is 1.41. The molecule has 0 bridgehead atoms. The van der Waals surface area contributed by atoms with Crippen molar-refractivity contribution in [2.75, 3.05) is 26.2 Å². The van der Waals surface area contributed by atoms with Gasteiger partial charge in [-0.1, -0.05) is 38.2 Å². The summed E-state index contributed by atoms with van der Waals surface area (Å²) >= 11 is 0. The van der Waals surface area contributed by atoms with Crippen LogP contribution in [-0.4, -0.2) is 37.1 Å². The fraction of sp³-hybridized carbons (Fsp3) is 0.636. The number of rotatable bonds is 1. The zero-order valence-corrected chi connectivity index (χ0v) is 8.66. The molecule has 1 aliphatic carbocycles. The standard InChI is InChI=1S/C9H14N2.C2H6/c1-2-4-9(3-1)11-7-5-10-6-8-11;1-2/h1-4,9-10H,5-8H2;1-2H3. The topological polar surface area (TPSA) is 15.3 Å². The van der Waals surface area contributed by atoms with Crippen molar-refractivity contribution in [2.24, 2.45) is 0 Å². The van der Waals surface area contributed by atoms with E-state index in [1.807, 2.05) is 13.8 Å². The van der Waals surface area contributed by atoms with Crippen LogP contribution in [0.4, 0.5) is 0 Å². The summed E-state index contributed by atoms with van der Waals surface area (Å²) in [5.41, 5.74) is 0. The zero-order chi connectivity index (χ0) is 9.52. The van der Waals surface area contributed by atoms with Crippen LogP contribution in [0, 0.1) is 0 Å². The molecule has 1 saturated heterocycles. The molecule has 74 valence electrons. The molecule has 2 heteroatoms. The lowest BCUT2D eigenvalue weighted by Crippen LogP contribution is -2.46. The van der Waals surface area contributed by atoms with E-state index in [2.05, 4.69) is 34.5 Å². The summed E-state index contributed by atoms with van der Waals surface area (Å²) in [5.74, 6) is 0. The third-order valence-electron chi connectivity index (χ3n) is 2.30. The highest BCUT2D eigenvalue weighted by atomic mass is 15.2. The molecule has 0 radical (unpaired) electrons. The van der Waals surface area contributed by atoms with E-state index in [1.54, 1.807) is 0 Å². The van der Waals surface area contributed by atoms with Crippen molar-refractivity contribution in [1.82, 2.24) is 10.2 Å². The summed E-state index contributed by atoms with van der Waals surface area (Å²) in [6.07, 6.45) is 8.77. The second kappa shape index (κ2) is 5.95. The molecule has 0 atom stereocenters. The van der Waals surface area contributed by atoms with Gasteiger partial charge in [-0.05, 0) is 0 Å². The Balaban J connectivity index is 0.000000396. The van der Waals surface area contributed by atoms with Gasteiger partial charge in [0.05, 0.1) is 0 Å². The van der Waals surface area contributed by atoms with E-state index in [-0.39, 0.29) is 0 Å². The summed E-state index contributed by atoms with van der Waals surface area (Å²) in [4.78, 5) is 2.50. The quantitative estimate of drug-likeness (QED) is 0.656. The minimum absolute atomic E-state index is 0.581. The van der Waals surface area contributed by atoms with Gasteiger partial charge in [-0.3, -0.25) is 4.90 Å². The molecule has 0 aromatic heterocycles. The van der Waals surface area contributed by atoms with E-state index >= 15 is 0 Å².